The van der Waals surface area contributed by atoms with Gasteiger partial charge in [0.1, 0.15) is 61.1 Å². The molecule has 0 N–H and O–H groups in total. The van der Waals surface area contributed by atoms with Crippen molar-refractivity contribution >= 4 is 56.6 Å². The zero-order chi connectivity index (χ0) is 61.1. The van der Waals surface area contributed by atoms with Gasteiger partial charge in [-0.15, -0.1) is 0 Å². The molecule has 0 atom stereocenters. The first-order valence-electron chi connectivity index (χ1n) is 26.6. The van der Waals surface area contributed by atoms with Gasteiger partial charge in [-0.3, -0.25) is 19.6 Å². The largest absolute Gasteiger partial charge is 0.489 e. The van der Waals surface area contributed by atoms with E-state index >= 15 is 8.78 Å². The third-order valence-corrected chi connectivity index (χ3v) is 13.8. The maximum Gasteiger partial charge on any atom is 0.417 e. The quantitative estimate of drug-likeness (QED) is 0.0467. The highest BCUT2D eigenvalue weighted by molar-refractivity contribution is 6.31. The first-order valence-corrected chi connectivity index (χ1v) is 27.4. The number of halogens is 10. The lowest BCUT2D eigenvalue weighted by atomic mass is 10.0. The van der Waals surface area contributed by atoms with Crippen molar-refractivity contribution in [3.63, 3.8) is 0 Å². The molecule has 2 aliphatic rings. The maximum atomic E-state index is 15.2. The normalized spacial score (nSPS) is 12.8. The van der Waals surface area contributed by atoms with Gasteiger partial charge in [-0.2, -0.15) is 26.3 Å². The van der Waals surface area contributed by atoms with Gasteiger partial charge < -0.3 is 47.4 Å². The molecule has 4 heterocycles. The summed E-state index contributed by atoms with van der Waals surface area (Å²) in [4.78, 5) is 34.0. The van der Waals surface area contributed by atoms with Gasteiger partial charge in [0.15, 0.2) is 34.6 Å². The van der Waals surface area contributed by atoms with E-state index in [1.165, 1.54) is 48.8 Å². The number of Topliss-reactive ketones (excluding diaryl/α,β-unsaturated/α-hetero) is 2. The number of pyridine rings is 2. The molecule has 0 saturated carbocycles. The number of rotatable bonds is 22. The van der Waals surface area contributed by atoms with Crippen molar-refractivity contribution in [2.75, 3.05) is 67.1 Å². The number of nitrogens with zero attached hydrogens (tertiary/aromatic N) is 2. The van der Waals surface area contributed by atoms with E-state index in [0.717, 1.165) is 36.4 Å². The lowest BCUT2D eigenvalue weighted by Crippen LogP contribution is -2.17. The first kappa shape index (κ1) is 62.4. The number of fused-ring (bicyclic) bond motifs is 6. The van der Waals surface area contributed by atoms with Crippen LogP contribution in [0.5, 0.6) is 57.5 Å². The van der Waals surface area contributed by atoms with Crippen LogP contribution in [0.15, 0.2) is 109 Å². The number of methoxy groups -OCH3 is 2. The molecule has 0 spiro atoms. The van der Waals surface area contributed by atoms with Crippen LogP contribution < -0.4 is 37.9 Å². The molecule has 0 fully saturated rings. The highest BCUT2D eigenvalue weighted by Crippen LogP contribution is 2.50. The molecular formula is C62H52Cl2F8N2O12. The van der Waals surface area contributed by atoms with Crippen LogP contribution in [0.1, 0.15) is 46.2 Å². The van der Waals surface area contributed by atoms with Gasteiger partial charge in [-0.05, 0) is 76.9 Å². The molecule has 0 radical (unpaired) electrons. The Labute approximate surface area is 496 Å². The molecule has 10 rings (SSSR count). The molecule has 0 saturated heterocycles. The summed E-state index contributed by atoms with van der Waals surface area (Å²) in [6.07, 6.45) is -6.01. The minimum Gasteiger partial charge on any atom is -0.489 e. The van der Waals surface area contributed by atoms with Gasteiger partial charge in [-0.1, -0.05) is 47.5 Å². The number of carbonyl (C=O) groups excluding carboxylic acids is 2. The van der Waals surface area contributed by atoms with Gasteiger partial charge in [0.05, 0.1) is 56.2 Å². The Morgan fingerprint density at radius 2 is 0.942 bits per heavy atom. The topological polar surface area (TPSA) is 152 Å². The standard InChI is InChI=1S/2C31H26ClF4NO6/c1-39-9-2-10-40-27-17-25-28(30-29(27)41-11-12-42-30)26(7-8-37-25)43-21-5-4-19(24(33)16-21)15-20(38)13-18-3-6-23(32)22(14-18)31(34,35)36;1-39-9-2-10-40-27-17-24-28(30-29(27)41-11-12-42-30)26(7-8-37-24)43-25-6-4-19(16-23(25)33)14-20(38)13-18-3-5-22(32)21(15-18)31(34,35)36/h3-8,14,16-17H,2,9-13,15H2,1H3;3-8,15-17H,2,9-14H2,1H3. The van der Waals surface area contributed by atoms with Crippen LogP contribution in [-0.2, 0) is 57.1 Å². The van der Waals surface area contributed by atoms with Crippen molar-refractivity contribution in [2.24, 2.45) is 0 Å². The molecule has 0 unspecified atom stereocenters. The molecule has 8 aromatic rings. The van der Waals surface area contributed by atoms with Crippen LogP contribution in [-0.4, -0.2) is 88.6 Å². The third kappa shape index (κ3) is 15.4. The second kappa shape index (κ2) is 27.9. The molecule has 452 valence electrons. The lowest BCUT2D eigenvalue weighted by Gasteiger charge is -2.23. The predicted octanol–water partition coefficient (Wildman–Crippen LogP) is 14.8. The number of carbonyl (C=O) groups is 2. The Bertz CT molecular complexity index is 3780. The smallest absolute Gasteiger partial charge is 0.417 e. The number of hydrogen-bond acceptors (Lipinski definition) is 14. The van der Waals surface area contributed by atoms with Crippen LogP contribution in [0.2, 0.25) is 10.0 Å². The summed E-state index contributed by atoms with van der Waals surface area (Å²) < 4.78 is 167. The van der Waals surface area contributed by atoms with Crippen LogP contribution >= 0.6 is 23.2 Å². The number of ketones is 2. The molecule has 86 heavy (non-hydrogen) atoms. The lowest BCUT2D eigenvalue weighted by molar-refractivity contribution is -0.138. The Morgan fingerprint density at radius 1 is 0.488 bits per heavy atom. The zero-order valence-electron chi connectivity index (χ0n) is 45.9. The zero-order valence-corrected chi connectivity index (χ0v) is 47.4. The number of alkyl halides is 6. The fourth-order valence-corrected chi connectivity index (χ4v) is 9.69. The van der Waals surface area contributed by atoms with Crippen molar-refractivity contribution in [3.8, 4) is 57.5 Å². The molecule has 0 bridgehead atoms. The van der Waals surface area contributed by atoms with Gasteiger partial charge in [0, 0.05) is 96.6 Å². The molecule has 2 aliphatic heterocycles. The highest BCUT2D eigenvalue weighted by Gasteiger charge is 2.35. The highest BCUT2D eigenvalue weighted by atomic mass is 35.5. The minimum atomic E-state index is -4.66. The first-order chi connectivity index (χ1) is 41.3. The summed E-state index contributed by atoms with van der Waals surface area (Å²) in [5.74, 6) is 0.846. The van der Waals surface area contributed by atoms with Crippen LogP contribution in [0, 0.1) is 11.6 Å². The summed E-state index contributed by atoms with van der Waals surface area (Å²) in [5, 5.41) is 0.0804. The predicted molar refractivity (Wildman–Crippen MR) is 300 cm³/mol. The average Bonchev–Trinajstić information content (AvgIpc) is 1.05. The molecular weight excluding hydrogens is 1190 g/mol. The van der Waals surface area contributed by atoms with Crippen LogP contribution in [0.3, 0.4) is 0 Å². The second-order valence-electron chi connectivity index (χ2n) is 19.4. The summed E-state index contributed by atoms with van der Waals surface area (Å²) in [5.41, 5.74) is -0.340. The van der Waals surface area contributed by atoms with Crippen molar-refractivity contribution in [3.05, 3.63) is 165 Å². The number of hydrogen-bond donors (Lipinski definition) is 0. The van der Waals surface area contributed by atoms with E-state index in [9.17, 15) is 35.9 Å². The number of ether oxygens (including phenoxy) is 10. The molecule has 24 heteroatoms. The van der Waals surface area contributed by atoms with E-state index in [-0.39, 0.29) is 66.2 Å². The molecule has 0 amide bonds. The van der Waals surface area contributed by atoms with Gasteiger partial charge >= 0.3 is 12.4 Å². The monoisotopic (exact) mass is 1240 g/mol. The van der Waals surface area contributed by atoms with Crippen molar-refractivity contribution in [1.82, 2.24) is 9.97 Å². The third-order valence-electron chi connectivity index (χ3n) is 13.1. The van der Waals surface area contributed by atoms with E-state index in [0.29, 0.717) is 127 Å². The van der Waals surface area contributed by atoms with E-state index in [1.54, 1.807) is 38.5 Å². The summed E-state index contributed by atoms with van der Waals surface area (Å²) in [6, 6.07) is 21.2. The molecule has 14 nitrogen and oxygen atoms in total. The second-order valence-corrected chi connectivity index (χ2v) is 20.2. The Kier molecular flexibility index (Phi) is 20.2. The Hall–Kier alpha value is -8.18. The van der Waals surface area contributed by atoms with Gasteiger partial charge in [-0.25, -0.2) is 8.78 Å². The fourth-order valence-electron chi connectivity index (χ4n) is 9.24. The number of aromatic nitrogens is 2. The van der Waals surface area contributed by atoms with E-state index < -0.39 is 56.7 Å². The average molecular weight is 1240 g/mol. The summed E-state index contributed by atoms with van der Waals surface area (Å²) in [7, 11) is 3.22. The van der Waals surface area contributed by atoms with E-state index in [1.807, 2.05) is 0 Å². The van der Waals surface area contributed by atoms with Gasteiger partial charge in [0.25, 0.3) is 0 Å². The minimum absolute atomic E-state index is 0.0753. The van der Waals surface area contributed by atoms with Crippen molar-refractivity contribution in [2.45, 2.75) is 50.9 Å². The Morgan fingerprint density at radius 3 is 1.41 bits per heavy atom. The van der Waals surface area contributed by atoms with Gasteiger partial charge in [0.2, 0.25) is 11.5 Å². The summed E-state index contributed by atoms with van der Waals surface area (Å²) >= 11 is 11.3. The fraction of sp³-hybridized carbons (Fsp3) is 0.290. The maximum absolute atomic E-state index is 15.2. The number of benzene rings is 6. The van der Waals surface area contributed by atoms with Crippen LogP contribution in [0.4, 0.5) is 35.1 Å². The molecule has 2 aromatic heterocycles. The van der Waals surface area contributed by atoms with Crippen molar-refractivity contribution < 1.29 is 92.1 Å². The Balaban J connectivity index is 0.000000205. The summed E-state index contributed by atoms with van der Waals surface area (Å²) in [6.45, 7) is 3.09. The van der Waals surface area contributed by atoms with E-state index in [2.05, 4.69) is 9.97 Å². The molecule has 6 aromatic carbocycles. The van der Waals surface area contributed by atoms with Crippen molar-refractivity contribution in [1.29, 1.82) is 0 Å². The SMILES string of the molecule is COCCCOc1cc2nccc(Oc3ccc(CC(=O)Cc4ccc(Cl)c(C(F)(F)F)c4)c(F)c3)c2c2c1OCCO2.COCCCOc1cc2nccc(Oc3ccc(CC(=O)Cc4ccc(Cl)c(C(F)(F)F)c4)cc3F)c2c2c1OCCO2. The van der Waals surface area contributed by atoms with Crippen LogP contribution in [0.25, 0.3) is 21.8 Å². The van der Waals surface area contributed by atoms with E-state index in [4.69, 9.17) is 70.6 Å². The molecule has 0 aliphatic carbocycles.